The van der Waals surface area contributed by atoms with Crippen molar-refractivity contribution in [2.24, 2.45) is 0 Å². The van der Waals surface area contributed by atoms with E-state index >= 15 is 0 Å². The number of alkyl halides is 8. The highest BCUT2D eigenvalue weighted by Crippen LogP contribution is 2.48. The number of hydrogen-bond acceptors (Lipinski definition) is 3. The van der Waals surface area contributed by atoms with E-state index in [2.05, 4.69) is 9.15 Å². The van der Waals surface area contributed by atoms with Crippen molar-refractivity contribution in [2.45, 2.75) is 24.2 Å². The van der Waals surface area contributed by atoms with Crippen molar-refractivity contribution in [1.29, 1.82) is 0 Å². The summed E-state index contributed by atoms with van der Waals surface area (Å²) in [6.45, 7) is -2.53. The maximum absolute atomic E-state index is 13.0. The minimum absolute atomic E-state index is 0.658. The molecule has 21 heavy (non-hydrogen) atoms. The van der Waals surface area contributed by atoms with E-state index in [1.54, 1.807) is 0 Å². The molecule has 0 unspecified atom stereocenters. The van der Waals surface area contributed by atoms with Gasteiger partial charge in [0.05, 0.1) is 6.26 Å². The number of esters is 1. The van der Waals surface area contributed by atoms with Gasteiger partial charge < -0.3 is 9.15 Å². The molecule has 1 heterocycles. The van der Waals surface area contributed by atoms with Gasteiger partial charge in [-0.05, 0) is 12.1 Å². The second-order valence-corrected chi connectivity index (χ2v) is 3.76. The Morgan fingerprint density at radius 1 is 1.19 bits per heavy atom. The minimum atomic E-state index is -6.42. The van der Waals surface area contributed by atoms with Crippen molar-refractivity contribution in [2.75, 3.05) is 6.61 Å². The van der Waals surface area contributed by atoms with Crippen LogP contribution in [-0.4, -0.2) is 36.8 Å². The predicted octanol–water partition coefficient (Wildman–Crippen LogP) is 3.61. The lowest BCUT2D eigenvalue weighted by atomic mass is 10.1. The third-order valence-corrected chi connectivity index (χ3v) is 2.26. The fourth-order valence-electron chi connectivity index (χ4n) is 1.09. The van der Waals surface area contributed by atoms with E-state index in [4.69, 9.17) is 0 Å². The van der Waals surface area contributed by atoms with Gasteiger partial charge in [-0.3, -0.25) is 0 Å². The molecule has 0 bridgehead atoms. The van der Waals surface area contributed by atoms with Gasteiger partial charge in [0.15, 0.2) is 6.61 Å². The number of hydrogen-bond donors (Lipinski definition) is 0. The Morgan fingerprint density at radius 3 is 2.19 bits per heavy atom. The Kier molecular flexibility index (Phi) is 4.54. The molecule has 0 aliphatic heterocycles. The lowest BCUT2D eigenvalue weighted by Gasteiger charge is -2.31. The average molecular weight is 326 g/mol. The first-order valence-electron chi connectivity index (χ1n) is 5.05. The third kappa shape index (κ3) is 3.10. The first kappa shape index (κ1) is 17.2. The summed E-state index contributed by atoms with van der Waals surface area (Å²) in [6, 6.07) is 2.06. The standard InChI is InChI=1S/C10H6F8O3/c11-7(12)9(15,16)10(17,18)8(13,14)4-21-6(19)5-2-1-3-20-5/h1-3,7H,4H2. The normalized spacial score (nSPS) is 13.6. The summed E-state index contributed by atoms with van der Waals surface area (Å²) in [4.78, 5) is 11.0. The van der Waals surface area contributed by atoms with Gasteiger partial charge in [-0.1, -0.05) is 0 Å². The van der Waals surface area contributed by atoms with Gasteiger partial charge in [0, 0.05) is 0 Å². The van der Waals surface area contributed by atoms with Gasteiger partial charge in [-0.25, -0.2) is 13.6 Å². The number of ether oxygens (including phenoxy) is 1. The Morgan fingerprint density at radius 2 is 1.76 bits per heavy atom. The van der Waals surface area contributed by atoms with E-state index in [-0.39, 0.29) is 0 Å². The zero-order valence-corrected chi connectivity index (χ0v) is 9.76. The summed E-state index contributed by atoms with van der Waals surface area (Å²) in [6.07, 6.45) is -4.10. The molecule has 0 saturated heterocycles. The van der Waals surface area contributed by atoms with E-state index in [0.29, 0.717) is 0 Å². The van der Waals surface area contributed by atoms with Crippen LogP contribution in [0.5, 0.6) is 0 Å². The molecule has 0 fully saturated rings. The van der Waals surface area contributed by atoms with Gasteiger partial charge in [0.2, 0.25) is 5.76 Å². The van der Waals surface area contributed by atoms with Crippen molar-refractivity contribution in [3.63, 3.8) is 0 Å². The molecular weight excluding hydrogens is 320 g/mol. The molecule has 0 N–H and O–H groups in total. The SMILES string of the molecule is O=C(OCC(F)(F)C(F)(F)C(F)(F)C(F)F)c1ccco1. The molecule has 11 heteroatoms. The molecule has 0 amide bonds. The number of halogens is 8. The number of carbonyl (C=O) groups excluding carboxylic acids is 1. The van der Waals surface area contributed by atoms with Crippen LogP contribution in [0.3, 0.4) is 0 Å². The Labute approximate surface area is 111 Å². The van der Waals surface area contributed by atoms with Crippen molar-refractivity contribution < 1.29 is 49.1 Å². The zero-order chi connectivity index (χ0) is 16.5. The van der Waals surface area contributed by atoms with Crippen molar-refractivity contribution in [3.8, 4) is 0 Å². The van der Waals surface area contributed by atoms with Crippen molar-refractivity contribution in [3.05, 3.63) is 24.2 Å². The predicted molar refractivity (Wildman–Crippen MR) is 49.8 cm³/mol. The molecule has 0 aliphatic carbocycles. The van der Waals surface area contributed by atoms with Gasteiger partial charge in [-0.2, -0.15) is 26.3 Å². The molecule has 1 aromatic heterocycles. The summed E-state index contributed by atoms with van der Waals surface area (Å²) < 4.78 is 108. The average Bonchev–Trinajstić information content (AvgIpc) is 2.89. The smallest absolute Gasteiger partial charge is 0.381 e. The summed E-state index contributed by atoms with van der Waals surface area (Å²) in [5.74, 6) is -20.7. The lowest BCUT2D eigenvalue weighted by Crippen LogP contribution is -2.59. The van der Waals surface area contributed by atoms with Crippen LogP contribution in [0.25, 0.3) is 0 Å². The molecule has 120 valence electrons. The highest BCUT2D eigenvalue weighted by Gasteiger charge is 2.75. The second-order valence-electron chi connectivity index (χ2n) is 3.76. The molecule has 1 rings (SSSR count). The fourth-order valence-corrected chi connectivity index (χ4v) is 1.09. The van der Waals surface area contributed by atoms with Gasteiger partial charge >= 0.3 is 30.2 Å². The molecule has 0 radical (unpaired) electrons. The third-order valence-electron chi connectivity index (χ3n) is 2.26. The molecule has 0 saturated carbocycles. The van der Waals surface area contributed by atoms with Crippen LogP contribution in [-0.2, 0) is 4.74 Å². The molecule has 1 aromatic rings. The minimum Gasteiger partial charge on any atom is -0.457 e. The van der Waals surface area contributed by atoms with Crippen LogP contribution in [0.15, 0.2) is 22.8 Å². The largest absolute Gasteiger partial charge is 0.457 e. The first-order chi connectivity index (χ1) is 9.43. The number of carbonyl (C=O) groups is 1. The Balaban J connectivity index is 2.83. The van der Waals surface area contributed by atoms with Crippen LogP contribution < -0.4 is 0 Å². The Bertz CT molecular complexity index is 483. The van der Waals surface area contributed by atoms with Crippen LogP contribution >= 0.6 is 0 Å². The Hall–Kier alpha value is -1.81. The number of rotatable bonds is 6. The monoisotopic (exact) mass is 326 g/mol. The summed E-state index contributed by atoms with van der Waals surface area (Å²) in [5, 5.41) is 0. The van der Waals surface area contributed by atoms with Crippen LogP contribution in [0.1, 0.15) is 10.6 Å². The maximum Gasteiger partial charge on any atom is 0.381 e. The molecular formula is C10H6F8O3. The first-order valence-corrected chi connectivity index (χ1v) is 5.05. The highest BCUT2D eigenvalue weighted by atomic mass is 19.4. The maximum atomic E-state index is 13.0. The van der Waals surface area contributed by atoms with Gasteiger partial charge in [0.25, 0.3) is 0 Å². The molecule has 0 spiro atoms. The number of furan rings is 1. The second kappa shape index (κ2) is 5.53. The topological polar surface area (TPSA) is 39.4 Å². The fraction of sp³-hybridized carbons (Fsp3) is 0.500. The van der Waals surface area contributed by atoms with E-state index in [1.807, 2.05) is 0 Å². The molecule has 0 aromatic carbocycles. The highest BCUT2D eigenvalue weighted by molar-refractivity contribution is 5.86. The van der Waals surface area contributed by atoms with E-state index in [0.717, 1.165) is 18.4 Å². The molecule has 0 atom stereocenters. The van der Waals surface area contributed by atoms with Crippen molar-refractivity contribution in [1.82, 2.24) is 0 Å². The summed E-state index contributed by atoms with van der Waals surface area (Å²) in [7, 11) is 0. The van der Waals surface area contributed by atoms with E-state index in [1.165, 1.54) is 0 Å². The molecule has 0 aliphatic rings. The van der Waals surface area contributed by atoms with Crippen LogP contribution in [0, 0.1) is 0 Å². The van der Waals surface area contributed by atoms with Crippen LogP contribution in [0.2, 0.25) is 0 Å². The summed E-state index contributed by atoms with van der Waals surface area (Å²) in [5.41, 5.74) is 0. The van der Waals surface area contributed by atoms with Gasteiger partial charge in [-0.15, -0.1) is 0 Å². The van der Waals surface area contributed by atoms with Crippen molar-refractivity contribution >= 4 is 5.97 Å². The molecule has 3 nitrogen and oxygen atoms in total. The van der Waals surface area contributed by atoms with Gasteiger partial charge in [0.1, 0.15) is 0 Å². The van der Waals surface area contributed by atoms with E-state index in [9.17, 15) is 39.9 Å². The lowest BCUT2D eigenvalue weighted by molar-refractivity contribution is -0.343. The quantitative estimate of drug-likeness (QED) is 0.592. The van der Waals surface area contributed by atoms with E-state index < -0.39 is 42.5 Å². The zero-order valence-electron chi connectivity index (χ0n) is 9.76. The summed E-state index contributed by atoms with van der Waals surface area (Å²) >= 11 is 0. The van der Waals surface area contributed by atoms with Crippen LogP contribution in [0.4, 0.5) is 35.1 Å².